The van der Waals surface area contributed by atoms with E-state index in [9.17, 15) is 0 Å². The van der Waals surface area contributed by atoms with Crippen LogP contribution in [-0.2, 0) is 13.0 Å². The Hall–Kier alpha value is -3.49. The van der Waals surface area contributed by atoms with E-state index >= 15 is 0 Å². The Kier molecular flexibility index (Phi) is 5.41. The molecule has 4 rings (SSSR count). The van der Waals surface area contributed by atoms with Gasteiger partial charge < -0.3 is 24.5 Å². The van der Waals surface area contributed by atoms with E-state index in [0.717, 1.165) is 37.0 Å². The normalized spacial score (nSPS) is 13.0. The van der Waals surface area contributed by atoms with Crippen LogP contribution in [0.2, 0.25) is 0 Å². The van der Waals surface area contributed by atoms with Gasteiger partial charge in [0.1, 0.15) is 12.4 Å². The molecular weight excluding hydrogens is 360 g/mol. The molecule has 28 heavy (non-hydrogen) atoms. The van der Waals surface area contributed by atoms with Crippen molar-refractivity contribution in [2.45, 2.75) is 19.9 Å². The lowest BCUT2D eigenvalue weighted by Crippen LogP contribution is -2.38. The van der Waals surface area contributed by atoms with Gasteiger partial charge in [0.2, 0.25) is 12.6 Å². The average molecular weight is 382 g/mol. The first-order chi connectivity index (χ1) is 13.8. The Labute approximate surface area is 162 Å². The highest BCUT2D eigenvalue weighted by molar-refractivity contribution is 5.79. The van der Waals surface area contributed by atoms with Crippen molar-refractivity contribution in [1.29, 1.82) is 0 Å². The highest BCUT2D eigenvalue weighted by atomic mass is 16.7. The van der Waals surface area contributed by atoms with Crippen molar-refractivity contribution in [3.63, 3.8) is 0 Å². The Morgan fingerprint density at radius 3 is 3.00 bits per heavy atom. The number of aromatic amines is 1. The van der Waals surface area contributed by atoms with E-state index < -0.39 is 0 Å². The summed E-state index contributed by atoms with van der Waals surface area (Å²) in [6.07, 6.45) is 2.43. The van der Waals surface area contributed by atoms with Crippen molar-refractivity contribution >= 4 is 5.96 Å². The SMILES string of the molecule is CCNC(=NCc1nc(-c2ccco2)n[nH]1)NCCc1ccc2c(c1)OCO2. The third kappa shape index (κ3) is 4.25. The van der Waals surface area contributed by atoms with Crippen molar-refractivity contribution in [1.82, 2.24) is 25.8 Å². The van der Waals surface area contributed by atoms with Gasteiger partial charge in [0, 0.05) is 13.1 Å². The van der Waals surface area contributed by atoms with Crippen molar-refractivity contribution in [2.24, 2.45) is 4.99 Å². The fourth-order valence-electron chi connectivity index (χ4n) is 2.80. The number of nitrogens with zero attached hydrogens (tertiary/aromatic N) is 3. The molecule has 0 saturated carbocycles. The molecule has 1 aliphatic rings. The molecule has 3 aromatic rings. The number of ether oxygens (including phenoxy) is 2. The number of hydrogen-bond donors (Lipinski definition) is 3. The predicted octanol–water partition coefficient (Wildman–Crippen LogP) is 2.09. The zero-order valence-corrected chi connectivity index (χ0v) is 15.6. The summed E-state index contributed by atoms with van der Waals surface area (Å²) in [6, 6.07) is 9.62. The standard InChI is InChI=1S/C19H22N6O3/c1-2-20-19(21-8-7-13-5-6-14-16(10-13)28-12-27-14)22-11-17-23-18(25-24-17)15-4-3-9-26-15/h3-6,9-10H,2,7-8,11-12H2,1H3,(H2,20,21,22)(H,23,24,25). The molecule has 1 aliphatic heterocycles. The van der Waals surface area contributed by atoms with Crippen LogP contribution in [0.5, 0.6) is 11.5 Å². The molecule has 0 spiro atoms. The second-order valence-electron chi connectivity index (χ2n) is 6.14. The van der Waals surface area contributed by atoms with Crippen LogP contribution in [0, 0.1) is 0 Å². The Balaban J connectivity index is 1.32. The van der Waals surface area contributed by atoms with E-state index in [2.05, 4.69) is 30.8 Å². The van der Waals surface area contributed by atoms with Gasteiger partial charge in [0.05, 0.1) is 6.26 Å². The van der Waals surface area contributed by atoms with E-state index in [-0.39, 0.29) is 6.79 Å². The molecule has 3 heterocycles. The van der Waals surface area contributed by atoms with Crippen LogP contribution < -0.4 is 20.1 Å². The summed E-state index contributed by atoms with van der Waals surface area (Å²) >= 11 is 0. The van der Waals surface area contributed by atoms with E-state index in [4.69, 9.17) is 13.9 Å². The van der Waals surface area contributed by atoms with Crippen LogP contribution in [0.1, 0.15) is 18.3 Å². The zero-order valence-electron chi connectivity index (χ0n) is 15.6. The highest BCUT2D eigenvalue weighted by Gasteiger charge is 2.13. The molecule has 0 saturated heterocycles. The summed E-state index contributed by atoms with van der Waals surface area (Å²) in [6.45, 7) is 4.20. The molecule has 2 aromatic heterocycles. The van der Waals surface area contributed by atoms with E-state index in [1.54, 1.807) is 12.3 Å². The second-order valence-corrected chi connectivity index (χ2v) is 6.14. The summed E-state index contributed by atoms with van der Waals surface area (Å²) < 4.78 is 16.1. The lowest BCUT2D eigenvalue weighted by molar-refractivity contribution is 0.174. The highest BCUT2D eigenvalue weighted by Crippen LogP contribution is 2.32. The summed E-state index contributed by atoms with van der Waals surface area (Å²) in [5.74, 6) is 4.14. The van der Waals surface area contributed by atoms with Crippen molar-refractivity contribution in [2.75, 3.05) is 19.9 Å². The Morgan fingerprint density at radius 1 is 1.21 bits per heavy atom. The van der Waals surface area contributed by atoms with Gasteiger partial charge in [-0.2, -0.15) is 0 Å². The lowest BCUT2D eigenvalue weighted by Gasteiger charge is -2.11. The molecule has 3 N–H and O–H groups in total. The van der Waals surface area contributed by atoms with Crippen molar-refractivity contribution < 1.29 is 13.9 Å². The van der Waals surface area contributed by atoms with Gasteiger partial charge in [0.25, 0.3) is 0 Å². The number of aliphatic imine (C=N–C) groups is 1. The van der Waals surface area contributed by atoms with E-state index in [0.29, 0.717) is 24.0 Å². The number of benzene rings is 1. The minimum Gasteiger partial charge on any atom is -0.461 e. The van der Waals surface area contributed by atoms with Gasteiger partial charge in [0.15, 0.2) is 23.2 Å². The summed E-state index contributed by atoms with van der Waals surface area (Å²) in [5, 5.41) is 13.6. The molecule has 9 nitrogen and oxygen atoms in total. The maximum atomic E-state index is 5.42. The molecule has 0 fully saturated rings. The number of H-pyrrole nitrogens is 1. The van der Waals surface area contributed by atoms with Crippen molar-refractivity contribution in [3.05, 3.63) is 48.0 Å². The predicted molar refractivity (Wildman–Crippen MR) is 103 cm³/mol. The van der Waals surface area contributed by atoms with Gasteiger partial charge in [-0.25, -0.2) is 9.98 Å². The number of aromatic nitrogens is 3. The minimum absolute atomic E-state index is 0.289. The van der Waals surface area contributed by atoms with Gasteiger partial charge in [-0.1, -0.05) is 6.07 Å². The van der Waals surface area contributed by atoms with Crippen molar-refractivity contribution in [3.8, 4) is 23.1 Å². The van der Waals surface area contributed by atoms with Crippen LogP contribution in [-0.4, -0.2) is 41.0 Å². The number of guanidine groups is 1. The first-order valence-corrected chi connectivity index (χ1v) is 9.17. The Morgan fingerprint density at radius 2 is 2.14 bits per heavy atom. The third-order valence-corrected chi connectivity index (χ3v) is 4.15. The number of fused-ring (bicyclic) bond motifs is 1. The largest absolute Gasteiger partial charge is 0.461 e. The molecule has 9 heteroatoms. The summed E-state index contributed by atoms with van der Waals surface area (Å²) in [7, 11) is 0. The maximum Gasteiger partial charge on any atom is 0.231 e. The molecule has 0 bridgehead atoms. The number of rotatable bonds is 7. The molecule has 0 unspecified atom stereocenters. The third-order valence-electron chi connectivity index (χ3n) is 4.15. The lowest BCUT2D eigenvalue weighted by atomic mass is 10.1. The molecule has 0 aliphatic carbocycles. The smallest absolute Gasteiger partial charge is 0.231 e. The molecule has 146 valence electrons. The zero-order chi connectivity index (χ0) is 19.2. The van der Waals surface area contributed by atoms with Crippen LogP contribution in [0.4, 0.5) is 0 Å². The molecule has 1 aromatic carbocycles. The van der Waals surface area contributed by atoms with Gasteiger partial charge >= 0.3 is 0 Å². The Bertz CT molecular complexity index is 935. The second kappa shape index (κ2) is 8.47. The first-order valence-electron chi connectivity index (χ1n) is 9.17. The monoisotopic (exact) mass is 382 g/mol. The number of furan rings is 1. The minimum atomic E-state index is 0.289. The number of hydrogen-bond acceptors (Lipinski definition) is 6. The maximum absolute atomic E-state index is 5.42. The first kappa shape index (κ1) is 17.9. The summed E-state index contributed by atoms with van der Waals surface area (Å²) in [4.78, 5) is 8.95. The molecule has 0 amide bonds. The van der Waals surface area contributed by atoms with Crippen LogP contribution in [0.3, 0.4) is 0 Å². The average Bonchev–Trinajstić information content (AvgIpc) is 3.46. The van der Waals surface area contributed by atoms with E-state index in [1.807, 2.05) is 31.2 Å². The van der Waals surface area contributed by atoms with Crippen LogP contribution in [0.25, 0.3) is 11.6 Å². The van der Waals surface area contributed by atoms with Gasteiger partial charge in [-0.3, -0.25) is 5.10 Å². The fraction of sp³-hybridized carbons (Fsp3) is 0.316. The molecule has 0 atom stereocenters. The van der Waals surface area contributed by atoms with Gasteiger partial charge in [-0.05, 0) is 43.2 Å². The molecule has 0 radical (unpaired) electrons. The van der Waals surface area contributed by atoms with Crippen LogP contribution in [0.15, 0.2) is 46.0 Å². The van der Waals surface area contributed by atoms with Crippen LogP contribution >= 0.6 is 0 Å². The topological polar surface area (TPSA) is 110 Å². The summed E-state index contributed by atoms with van der Waals surface area (Å²) in [5.41, 5.74) is 1.17. The number of nitrogens with one attached hydrogen (secondary N) is 3. The molecular formula is C19H22N6O3. The fourth-order valence-corrected chi connectivity index (χ4v) is 2.80. The van der Waals surface area contributed by atoms with E-state index in [1.165, 1.54) is 5.56 Å². The quantitative estimate of drug-likeness (QED) is 0.424. The van der Waals surface area contributed by atoms with Gasteiger partial charge in [-0.15, -0.1) is 5.10 Å².